The fourth-order valence-corrected chi connectivity index (χ4v) is 5.57. The largest absolute Gasteiger partial charge is 0.507 e. The molecular weight excluding hydrogens is 528 g/mol. The normalized spacial score (nSPS) is 13.8. The monoisotopic (exact) mass is 562 g/mol. The summed E-state index contributed by atoms with van der Waals surface area (Å²) < 4.78 is 1.86. The van der Waals surface area contributed by atoms with E-state index < -0.39 is 11.9 Å². The minimum atomic E-state index is -1.23. The van der Waals surface area contributed by atoms with Crippen molar-refractivity contribution in [2.75, 3.05) is 43.0 Å². The molecule has 0 aliphatic carbocycles. The lowest BCUT2D eigenvalue weighted by molar-refractivity contribution is -0.118. The number of carboxylic acids is 1. The molecule has 210 valence electrons. The van der Waals surface area contributed by atoms with E-state index in [9.17, 15) is 24.6 Å². The molecule has 4 N–H and O–H groups in total. The summed E-state index contributed by atoms with van der Waals surface area (Å²) in [6.45, 7) is 4.17. The molecule has 0 spiro atoms. The molecule has 0 atom stereocenters. The number of carbonyl (C=O) groups is 3. The van der Waals surface area contributed by atoms with Gasteiger partial charge in [0.25, 0.3) is 0 Å². The van der Waals surface area contributed by atoms with E-state index in [0.717, 1.165) is 42.1 Å². The highest BCUT2D eigenvalue weighted by Gasteiger charge is 2.27. The van der Waals surface area contributed by atoms with Gasteiger partial charge >= 0.3 is 5.97 Å². The first kappa shape index (κ1) is 29.0. The van der Waals surface area contributed by atoms with Gasteiger partial charge in [0, 0.05) is 47.5 Å². The SMILES string of the molecule is Cc1ccc(SN(C)CC(=O)N(CC2CCN(c3ccc(C(N)=O)cc3)CC2)c2ccc(C(=O)O)c(O)c2)cc1. The Morgan fingerprint density at radius 1 is 1.00 bits per heavy atom. The van der Waals surface area contributed by atoms with Gasteiger partial charge in [-0.05, 0) is 93.2 Å². The highest BCUT2D eigenvalue weighted by Crippen LogP contribution is 2.30. The Balaban J connectivity index is 1.46. The second kappa shape index (κ2) is 12.9. The first-order chi connectivity index (χ1) is 19.1. The summed E-state index contributed by atoms with van der Waals surface area (Å²) in [4.78, 5) is 41.3. The Morgan fingerprint density at radius 3 is 2.23 bits per heavy atom. The van der Waals surface area contributed by atoms with E-state index in [1.807, 2.05) is 54.7 Å². The van der Waals surface area contributed by atoms with Crippen molar-refractivity contribution in [3.63, 3.8) is 0 Å². The standard InChI is InChI=1S/C30H34N4O5S/c1-20-3-10-25(11-4-20)40-32(2)19-28(36)34(24-9-12-26(30(38)39)27(35)17-24)18-21-13-15-33(16-14-21)23-7-5-22(6-8-23)29(31)37/h3-12,17,21,35H,13-16,18-19H2,1-2H3,(H2,31,37)(H,38,39). The van der Waals surface area contributed by atoms with Gasteiger partial charge in [0.2, 0.25) is 11.8 Å². The number of aromatic hydroxyl groups is 1. The number of hydrogen-bond acceptors (Lipinski definition) is 7. The molecule has 4 rings (SSSR count). The third kappa shape index (κ3) is 7.34. The van der Waals surface area contributed by atoms with Crippen LogP contribution in [0.2, 0.25) is 0 Å². The average Bonchev–Trinajstić information content (AvgIpc) is 2.93. The van der Waals surface area contributed by atoms with E-state index in [0.29, 0.717) is 17.8 Å². The van der Waals surface area contributed by atoms with Crippen molar-refractivity contribution in [1.82, 2.24) is 4.31 Å². The molecule has 0 saturated carbocycles. The molecular formula is C30H34N4O5S. The molecule has 0 radical (unpaired) electrons. The van der Waals surface area contributed by atoms with Crippen LogP contribution in [0.5, 0.6) is 5.75 Å². The molecule has 1 heterocycles. The maximum atomic E-state index is 13.6. The minimum absolute atomic E-state index is 0.130. The molecule has 0 unspecified atom stereocenters. The lowest BCUT2D eigenvalue weighted by Crippen LogP contribution is -2.43. The van der Waals surface area contributed by atoms with Crippen LogP contribution >= 0.6 is 11.9 Å². The number of aromatic carboxylic acids is 1. The van der Waals surface area contributed by atoms with Crippen LogP contribution in [0.4, 0.5) is 11.4 Å². The quantitative estimate of drug-likeness (QED) is 0.311. The van der Waals surface area contributed by atoms with Gasteiger partial charge in [-0.25, -0.2) is 9.10 Å². The third-order valence-corrected chi connectivity index (χ3v) is 7.96. The molecule has 3 aromatic carbocycles. The maximum absolute atomic E-state index is 13.6. The average molecular weight is 563 g/mol. The van der Waals surface area contributed by atoms with Gasteiger partial charge in [-0.3, -0.25) is 9.59 Å². The fourth-order valence-electron chi connectivity index (χ4n) is 4.78. The zero-order valence-corrected chi connectivity index (χ0v) is 23.4. The number of amides is 2. The van der Waals surface area contributed by atoms with E-state index in [-0.39, 0.29) is 29.7 Å². The van der Waals surface area contributed by atoms with Gasteiger partial charge < -0.3 is 25.7 Å². The smallest absolute Gasteiger partial charge is 0.339 e. The minimum Gasteiger partial charge on any atom is -0.507 e. The number of aryl methyl sites for hydroxylation is 1. The molecule has 40 heavy (non-hydrogen) atoms. The summed E-state index contributed by atoms with van der Waals surface area (Å²) in [5.74, 6) is -2.00. The predicted octanol–water partition coefficient (Wildman–Crippen LogP) is 4.39. The Kier molecular flexibility index (Phi) is 9.34. The molecule has 1 fully saturated rings. The lowest BCUT2D eigenvalue weighted by atomic mass is 9.95. The van der Waals surface area contributed by atoms with Crippen molar-refractivity contribution >= 4 is 41.1 Å². The predicted molar refractivity (Wildman–Crippen MR) is 157 cm³/mol. The van der Waals surface area contributed by atoms with Crippen LogP contribution in [-0.4, -0.2) is 65.5 Å². The molecule has 3 aromatic rings. The first-order valence-corrected chi connectivity index (χ1v) is 13.9. The highest BCUT2D eigenvalue weighted by atomic mass is 32.2. The summed E-state index contributed by atoms with van der Waals surface area (Å²) in [7, 11) is 1.85. The number of piperidine rings is 1. The molecule has 0 bridgehead atoms. The van der Waals surface area contributed by atoms with Crippen molar-refractivity contribution in [2.24, 2.45) is 11.7 Å². The van der Waals surface area contributed by atoms with Gasteiger partial charge in [0.1, 0.15) is 11.3 Å². The van der Waals surface area contributed by atoms with Crippen molar-refractivity contribution in [1.29, 1.82) is 0 Å². The number of nitrogens with zero attached hydrogens (tertiary/aromatic N) is 3. The van der Waals surface area contributed by atoms with Crippen LogP contribution in [0.15, 0.2) is 71.6 Å². The van der Waals surface area contributed by atoms with Gasteiger partial charge in [0.05, 0.1) is 6.54 Å². The van der Waals surface area contributed by atoms with Crippen LogP contribution in [0.25, 0.3) is 0 Å². The molecule has 9 nitrogen and oxygen atoms in total. The van der Waals surface area contributed by atoms with Crippen LogP contribution in [0, 0.1) is 12.8 Å². The van der Waals surface area contributed by atoms with Crippen molar-refractivity contribution in [3.05, 3.63) is 83.4 Å². The van der Waals surface area contributed by atoms with Crippen LogP contribution in [-0.2, 0) is 4.79 Å². The topological polar surface area (TPSA) is 127 Å². The number of benzene rings is 3. The van der Waals surface area contributed by atoms with E-state index in [1.54, 1.807) is 23.1 Å². The second-order valence-electron chi connectivity index (χ2n) is 10.0. The number of phenols is 1. The maximum Gasteiger partial charge on any atom is 0.339 e. The summed E-state index contributed by atoms with van der Waals surface area (Å²) in [5.41, 5.74) is 8.25. The van der Waals surface area contributed by atoms with Crippen molar-refractivity contribution < 1.29 is 24.6 Å². The number of rotatable bonds is 10. The van der Waals surface area contributed by atoms with Gasteiger partial charge in [0.15, 0.2) is 0 Å². The van der Waals surface area contributed by atoms with E-state index in [1.165, 1.54) is 24.1 Å². The first-order valence-electron chi connectivity index (χ1n) is 13.1. The van der Waals surface area contributed by atoms with Crippen molar-refractivity contribution in [3.8, 4) is 5.75 Å². The Hall–Kier alpha value is -4.02. The van der Waals surface area contributed by atoms with Crippen LogP contribution in [0.1, 0.15) is 39.1 Å². The number of nitrogens with two attached hydrogens (primary N) is 1. The Bertz CT molecular complexity index is 1360. The van der Waals surface area contributed by atoms with Gasteiger partial charge in [-0.1, -0.05) is 17.7 Å². The molecule has 1 aliphatic rings. The van der Waals surface area contributed by atoms with E-state index in [2.05, 4.69) is 4.90 Å². The fraction of sp³-hybridized carbons (Fsp3) is 0.300. The molecule has 2 amide bonds. The molecule has 1 aliphatic heterocycles. The number of primary amides is 1. The third-order valence-electron chi connectivity index (χ3n) is 7.04. The molecule has 10 heteroatoms. The Morgan fingerprint density at radius 2 is 1.65 bits per heavy atom. The van der Waals surface area contributed by atoms with Crippen LogP contribution in [0.3, 0.4) is 0 Å². The molecule has 0 aromatic heterocycles. The molecule has 1 saturated heterocycles. The summed E-state index contributed by atoms with van der Waals surface area (Å²) >= 11 is 1.47. The second-order valence-corrected chi connectivity index (χ2v) is 11.3. The van der Waals surface area contributed by atoms with E-state index >= 15 is 0 Å². The summed E-state index contributed by atoms with van der Waals surface area (Å²) in [6.07, 6.45) is 1.68. The zero-order valence-electron chi connectivity index (χ0n) is 22.6. The lowest BCUT2D eigenvalue weighted by Gasteiger charge is -2.36. The number of hydrogen-bond donors (Lipinski definition) is 3. The number of carbonyl (C=O) groups excluding carboxylic acids is 2. The number of carboxylic acid groups (broad SMARTS) is 1. The van der Waals surface area contributed by atoms with Crippen molar-refractivity contribution in [2.45, 2.75) is 24.7 Å². The summed E-state index contributed by atoms with van der Waals surface area (Å²) in [6, 6.07) is 19.6. The summed E-state index contributed by atoms with van der Waals surface area (Å²) in [5, 5.41) is 19.7. The van der Waals surface area contributed by atoms with Gasteiger partial charge in [-0.2, -0.15) is 0 Å². The highest BCUT2D eigenvalue weighted by molar-refractivity contribution is 7.97. The Labute approximate surface area is 238 Å². The number of anilines is 2. The zero-order chi connectivity index (χ0) is 28.8. The van der Waals surface area contributed by atoms with Crippen LogP contribution < -0.4 is 15.5 Å². The van der Waals surface area contributed by atoms with Gasteiger partial charge in [-0.15, -0.1) is 0 Å². The van der Waals surface area contributed by atoms with E-state index in [4.69, 9.17) is 5.73 Å². The number of likely N-dealkylation sites (N-methyl/N-ethyl adjacent to an activating group) is 1.